The number of hydrogen-bond acceptors (Lipinski definition) is 5. The molecule has 5 amide bonds. The van der Waals surface area contributed by atoms with E-state index in [2.05, 4.69) is 10.6 Å². The summed E-state index contributed by atoms with van der Waals surface area (Å²) in [5.41, 5.74) is 2.86. The predicted octanol–water partition coefficient (Wildman–Crippen LogP) is 4.99. The van der Waals surface area contributed by atoms with Crippen molar-refractivity contribution in [3.8, 4) is 5.75 Å². The zero-order chi connectivity index (χ0) is 32.3. The third kappa shape index (κ3) is 9.14. The van der Waals surface area contributed by atoms with Gasteiger partial charge >= 0.3 is 6.03 Å². The Morgan fingerprint density at radius 2 is 1.38 bits per heavy atom. The summed E-state index contributed by atoms with van der Waals surface area (Å²) >= 11 is 0. The van der Waals surface area contributed by atoms with E-state index in [4.69, 9.17) is 4.74 Å². The Morgan fingerprint density at radius 1 is 0.711 bits per heavy atom. The number of nitrogens with one attached hydrogen (secondary N) is 2. The van der Waals surface area contributed by atoms with Gasteiger partial charge in [-0.25, -0.2) is 9.18 Å². The number of halogens is 1. The van der Waals surface area contributed by atoms with E-state index in [1.807, 2.05) is 19.1 Å². The molecule has 232 valence electrons. The Bertz CT molecular complexity index is 1670. The lowest BCUT2D eigenvalue weighted by Crippen LogP contribution is -2.46. The van der Waals surface area contributed by atoms with Gasteiger partial charge in [0.05, 0.1) is 6.54 Å². The zero-order valence-corrected chi connectivity index (χ0v) is 25.2. The quantitative estimate of drug-likeness (QED) is 0.248. The topological polar surface area (TPSA) is 111 Å². The van der Waals surface area contributed by atoms with Crippen molar-refractivity contribution >= 4 is 46.5 Å². The first kappa shape index (κ1) is 32.2. The minimum atomic E-state index is -0.584. The second kappa shape index (κ2) is 15.1. The molecule has 0 saturated heterocycles. The lowest BCUT2D eigenvalue weighted by atomic mass is 10.2. The average molecular weight is 612 g/mol. The van der Waals surface area contributed by atoms with Crippen LogP contribution in [0.3, 0.4) is 0 Å². The number of para-hydroxylation sites is 1. The Labute approximate surface area is 261 Å². The first-order valence-electron chi connectivity index (χ1n) is 14.1. The third-order valence-corrected chi connectivity index (χ3v) is 6.85. The molecule has 0 radical (unpaired) electrons. The van der Waals surface area contributed by atoms with Crippen molar-refractivity contribution in [3.05, 3.63) is 115 Å². The monoisotopic (exact) mass is 611 g/mol. The standard InChI is InChI=1S/C34H34FN5O5/c1-24-10-7-12-26(18-24)37-34(44)36-21-31(41)40(22-32(42)38(2)27-13-5-4-6-14-27)29-16-9-17-30(20-29)45-23-33(43)39(3)28-15-8-11-25(35)19-28/h4-20H,21-23H2,1-3H3,(H2,36,37,44). The maximum atomic E-state index is 13.6. The molecule has 0 atom stereocenters. The minimum Gasteiger partial charge on any atom is -0.484 e. The molecule has 4 rings (SSSR count). The molecule has 0 bridgehead atoms. The van der Waals surface area contributed by atoms with Gasteiger partial charge < -0.3 is 30.1 Å². The number of carbonyl (C=O) groups is 4. The normalized spacial score (nSPS) is 10.4. The summed E-state index contributed by atoms with van der Waals surface area (Å²) in [6, 6.07) is 27.6. The van der Waals surface area contributed by atoms with E-state index in [0.29, 0.717) is 22.7 Å². The number of amides is 5. The van der Waals surface area contributed by atoms with E-state index >= 15 is 0 Å². The molecule has 0 aliphatic carbocycles. The van der Waals surface area contributed by atoms with E-state index < -0.39 is 30.2 Å². The second-order valence-corrected chi connectivity index (χ2v) is 10.2. The fraction of sp³-hybridized carbons (Fsp3) is 0.176. The average Bonchev–Trinajstić information content (AvgIpc) is 3.04. The number of benzene rings is 4. The first-order valence-corrected chi connectivity index (χ1v) is 14.1. The number of aryl methyl sites for hydroxylation is 1. The van der Waals surface area contributed by atoms with Crippen LogP contribution in [0.5, 0.6) is 5.75 Å². The van der Waals surface area contributed by atoms with E-state index in [0.717, 1.165) is 5.56 Å². The van der Waals surface area contributed by atoms with E-state index in [1.165, 1.54) is 46.0 Å². The third-order valence-electron chi connectivity index (χ3n) is 6.85. The van der Waals surface area contributed by atoms with Crippen LogP contribution in [0.2, 0.25) is 0 Å². The summed E-state index contributed by atoms with van der Waals surface area (Å²) in [6.45, 7) is 0.795. The van der Waals surface area contributed by atoms with Crippen LogP contribution in [-0.4, -0.2) is 57.5 Å². The van der Waals surface area contributed by atoms with Crippen LogP contribution in [-0.2, 0) is 14.4 Å². The van der Waals surface area contributed by atoms with Gasteiger partial charge in [0, 0.05) is 42.9 Å². The molecule has 0 saturated carbocycles. The predicted molar refractivity (Wildman–Crippen MR) is 172 cm³/mol. The summed E-state index contributed by atoms with van der Waals surface area (Å²) in [7, 11) is 3.11. The number of nitrogens with zero attached hydrogens (tertiary/aromatic N) is 3. The molecule has 0 aromatic heterocycles. The summed E-state index contributed by atoms with van der Waals surface area (Å²) in [5.74, 6) is -1.57. The van der Waals surface area contributed by atoms with Crippen molar-refractivity contribution < 1.29 is 28.3 Å². The van der Waals surface area contributed by atoms with Crippen LogP contribution >= 0.6 is 0 Å². The number of anilines is 4. The van der Waals surface area contributed by atoms with Crippen molar-refractivity contribution in [2.45, 2.75) is 6.92 Å². The molecule has 0 heterocycles. The van der Waals surface area contributed by atoms with Gasteiger partial charge in [-0.2, -0.15) is 0 Å². The molecule has 0 fully saturated rings. The Morgan fingerprint density at radius 3 is 2.11 bits per heavy atom. The summed E-state index contributed by atoms with van der Waals surface area (Å²) < 4.78 is 19.3. The molecule has 10 nitrogen and oxygen atoms in total. The highest BCUT2D eigenvalue weighted by atomic mass is 19.1. The van der Waals surface area contributed by atoms with Gasteiger partial charge in [0.2, 0.25) is 11.8 Å². The van der Waals surface area contributed by atoms with Gasteiger partial charge in [-0.15, -0.1) is 0 Å². The number of rotatable bonds is 11. The van der Waals surface area contributed by atoms with Crippen LogP contribution in [0.4, 0.5) is 31.9 Å². The number of ether oxygens (including phenoxy) is 1. The molecular weight excluding hydrogens is 577 g/mol. The van der Waals surface area contributed by atoms with Gasteiger partial charge in [-0.3, -0.25) is 14.4 Å². The SMILES string of the molecule is Cc1cccc(NC(=O)NCC(=O)N(CC(=O)N(C)c2ccccc2)c2cccc(OCC(=O)N(C)c3cccc(F)c3)c2)c1. The molecule has 2 N–H and O–H groups in total. The molecule has 0 spiro atoms. The van der Waals surface area contributed by atoms with Gasteiger partial charge in [-0.1, -0.05) is 42.5 Å². The highest BCUT2D eigenvalue weighted by molar-refractivity contribution is 6.05. The molecule has 0 unspecified atom stereocenters. The van der Waals surface area contributed by atoms with Crippen LogP contribution in [0.1, 0.15) is 5.56 Å². The van der Waals surface area contributed by atoms with E-state index in [1.54, 1.807) is 73.8 Å². The fourth-order valence-electron chi connectivity index (χ4n) is 4.32. The number of likely N-dealkylation sites (N-methyl/N-ethyl adjacent to an activating group) is 2. The molecular formula is C34H34FN5O5. The van der Waals surface area contributed by atoms with E-state index in [-0.39, 0.29) is 24.8 Å². The Balaban J connectivity index is 1.48. The van der Waals surface area contributed by atoms with Gasteiger partial charge in [-0.05, 0) is 67.1 Å². The lowest BCUT2D eigenvalue weighted by molar-refractivity contribution is -0.121. The smallest absolute Gasteiger partial charge is 0.319 e. The van der Waals surface area contributed by atoms with Crippen molar-refractivity contribution in [1.82, 2.24) is 5.32 Å². The Kier molecular flexibility index (Phi) is 10.8. The van der Waals surface area contributed by atoms with Gasteiger partial charge in [0.25, 0.3) is 5.91 Å². The number of urea groups is 1. The highest BCUT2D eigenvalue weighted by Crippen LogP contribution is 2.23. The van der Waals surface area contributed by atoms with Crippen LogP contribution in [0, 0.1) is 12.7 Å². The largest absolute Gasteiger partial charge is 0.484 e. The number of carbonyl (C=O) groups excluding carboxylic acids is 4. The first-order chi connectivity index (χ1) is 21.6. The van der Waals surface area contributed by atoms with Gasteiger partial charge in [0.15, 0.2) is 6.61 Å². The van der Waals surface area contributed by atoms with Gasteiger partial charge in [0.1, 0.15) is 18.1 Å². The van der Waals surface area contributed by atoms with Crippen molar-refractivity contribution in [2.24, 2.45) is 0 Å². The molecule has 11 heteroatoms. The van der Waals surface area contributed by atoms with Crippen molar-refractivity contribution in [1.29, 1.82) is 0 Å². The molecule has 45 heavy (non-hydrogen) atoms. The Hall–Kier alpha value is -5.71. The summed E-state index contributed by atoms with van der Waals surface area (Å²) in [4.78, 5) is 56.0. The summed E-state index contributed by atoms with van der Waals surface area (Å²) in [6.07, 6.45) is 0. The van der Waals surface area contributed by atoms with E-state index in [9.17, 15) is 23.6 Å². The summed E-state index contributed by atoms with van der Waals surface area (Å²) in [5, 5.41) is 5.23. The molecule has 0 aliphatic rings. The highest BCUT2D eigenvalue weighted by Gasteiger charge is 2.23. The second-order valence-electron chi connectivity index (χ2n) is 10.2. The maximum Gasteiger partial charge on any atom is 0.319 e. The minimum absolute atomic E-state index is 0.264. The maximum absolute atomic E-state index is 13.6. The van der Waals surface area contributed by atoms with Crippen molar-refractivity contribution in [2.75, 3.05) is 53.8 Å². The molecule has 4 aromatic carbocycles. The van der Waals surface area contributed by atoms with Crippen LogP contribution < -0.4 is 30.1 Å². The van der Waals surface area contributed by atoms with Crippen LogP contribution in [0.25, 0.3) is 0 Å². The molecule has 4 aromatic rings. The van der Waals surface area contributed by atoms with Crippen molar-refractivity contribution in [3.63, 3.8) is 0 Å². The lowest BCUT2D eigenvalue weighted by Gasteiger charge is -2.26. The number of hydrogen-bond donors (Lipinski definition) is 2. The zero-order valence-electron chi connectivity index (χ0n) is 25.2. The fourth-order valence-corrected chi connectivity index (χ4v) is 4.32. The van der Waals surface area contributed by atoms with Crippen LogP contribution in [0.15, 0.2) is 103 Å². The molecule has 0 aliphatic heterocycles.